The highest BCUT2D eigenvalue weighted by Gasteiger charge is 2.12. The quantitative estimate of drug-likeness (QED) is 0.544. The minimum absolute atomic E-state index is 0.0526. The third-order valence-corrected chi connectivity index (χ3v) is 4.55. The first-order chi connectivity index (χ1) is 15.3. The molecule has 2 aromatic rings. The van der Waals surface area contributed by atoms with Crippen molar-refractivity contribution in [2.75, 3.05) is 23.8 Å². The van der Waals surface area contributed by atoms with Gasteiger partial charge in [-0.2, -0.15) is 0 Å². The Labute approximate surface area is 187 Å². The van der Waals surface area contributed by atoms with Gasteiger partial charge in [0, 0.05) is 17.8 Å². The summed E-state index contributed by atoms with van der Waals surface area (Å²) in [6.45, 7) is 5.70. The first-order valence-electron chi connectivity index (χ1n) is 10.4. The molecule has 0 fully saturated rings. The lowest BCUT2D eigenvalue weighted by atomic mass is 10.1. The largest absolute Gasteiger partial charge is 0.462 e. The number of amides is 2. The van der Waals surface area contributed by atoms with Gasteiger partial charge < -0.3 is 20.1 Å². The average molecular weight is 440 g/mol. The molecule has 8 heteroatoms. The maximum Gasteiger partial charge on any atom is 0.338 e. The molecule has 2 amide bonds. The zero-order valence-corrected chi connectivity index (χ0v) is 18.5. The van der Waals surface area contributed by atoms with Gasteiger partial charge in [-0.25, -0.2) is 4.79 Å². The van der Waals surface area contributed by atoms with Crippen LogP contribution in [0.25, 0.3) is 0 Å². The summed E-state index contributed by atoms with van der Waals surface area (Å²) < 4.78 is 9.95. The number of benzene rings is 2. The van der Waals surface area contributed by atoms with Gasteiger partial charge in [-0.1, -0.05) is 13.0 Å². The summed E-state index contributed by atoms with van der Waals surface area (Å²) in [6.07, 6.45) is 0.539. The minimum Gasteiger partial charge on any atom is -0.462 e. The number of hydrogen-bond acceptors (Lipinski definition) is 6. The summed E-state index contributed by atoms with van der Waals surface area (Å²) in [5.74, 6) is -1.92. The highest BCUT2D eigenvalue weighted by molar-refractivity contribution is 5.95. The van der Waals surface area contributed by atoms with E-state index in [0.29, 0.717) is 23.5 Å². The summed E-state index contributed by atoms with van der Waals surface area (Å²) in [5, 5.41) is 5.29. The molecule has 0 bridgehead atoms. The molecule has 0 aromatic heterocycles. The van der Waals surface area contributed by atoms with Gasteiger partial charge in [-0.15, -0.1) is 0 Å². The van der Waals surface area contributed by atoms with E-state index in [2.05, 4.69) is 10.6 Å². The van der Waals surface area contributed by atoms with E-state index >= 15 is 0 Å². The van der Waals surface area contributed by atoms with E-state index < -0.39 is 24.5 Å². The van der Waals surface area contributed by atoms with Crippen molar-refractivity contribution >= 4 is 35.1 Å². The fourth-order valence-electron chi connectivity index (χ4n) is 2.64. The standard InChI is InChI=1S/C24H28N2O6/c1-4-13-31-24(30)18-6-9-19(10-7-18)25-22(28)15-32-23(29)12-11-21(27)26-20-8-5-16(2)17(3)14-20/h5-10,14H,4,11-13,15H2,1-3H3,(H,25,28)(H,26,27). The maximum absolute atomic E-state index is 12.0. The summed E-state index contributed by atoms with van der Waals surface area (Å²) in [6, 6.07) is 11.7. The molecular formula is C24H28N2O6. The number of ether oxygens (including phenoxy) is 2. The Morgan fingerprint density at radius 3 is 2.09 bits per heavy atom. The fourth-order valence-corrected chi connectivity index (χ4v) is 2.64. The Morgan fingerprint density at radius 2 is 1.44 bits per heavy atom. The number of anilines is 2. The Balaban J connectivity index is 1.69. The first-order valence-corrected chi connectivity index (χ1v) is 10.4. The molecule has 0 aliphatic heterocycles. The molecule has 2 aromatic carbocycles. The molecule has 32 heavy (non-hydrogen) atoms. The summed E-state index contributed by atoms with van der Waals surface area (Å²) in [7, 11) is 0. The SMILES string of the molecule is CCCOC(=O)c1ccc(NC(=O)COC(=O)CCC(=O)Nc2ccc(C)c(C)c2)cc1. The zero-order valence-electron chi connectivity index (χ0n) is 18.5. The van der Waals surface area contributed by atoms with Crippen LogP contribution in [0.2, 0.25) is 0 Å². The lowest BCUT2D eigenvalue weighted by Gasteiger charge is -2.09. The third kappa shape index (κ3) is 8.22. The highest BCUT2D eigenvalue weighted by Crippen LogP contribution is 2.15. The van der Waals surface area contributed by atoms with Crippen LogP contribution in [0.3, 0.4) is 0 Å². The summed E-state index contributed by atoms with van der Waals surface area (Å²) in [5.41, 5.74) is 3.66. The molecular weight excluding hydrogens is 412 g/mol. The highest BCUT2D eigenvalue weighted by atomic mass is 16.5. The molecule has 0 spiro atoms. The van der Waals surface area contributed by atoms with Crippen LogP contribution < -0.4 is 10.6 Å². The molecule has 0 unspecified atom stereocenters. The topological polar surface area (TPSA) is 111 Å². The van der Waals surface area contributed by atoms with Crippen molar-refractivity contribution in [3.05, 3.63) is 59.2 Å². The Hall–Kier alpha value is -3.68. The molecule has 170 valence electrons. The normalized spacial score (nSPS) is 10.2. The molecule has 0 aliphatic rings. The molecule has 8 nitrogen and oxygen atoms in total. The van der Waals surface area contributed by atoms with Gasteiger partial charge in [0.05, 0.1) is 18.6 Å². The molecule has 2 N–H and O–H groups in total. The number of carbonyl (C=O) groups is 4. The summed E-state index contributed by atoms with van der Waals surface area (Å²) in [4.78, 5) is 47.5. The fraction of sp³-hybridized carbons (Fsp3) is 0.333. The second kappa shape index (κ2) is 12.2. The molecule has 0 atom stereocenters. The number of carbonyl (C=O) groups excluding carboxylic acids is 4. The summed E-state index contributed by atoms with van der Waals surface area (Å²) >= 11 is 0. The molecule has 0 heterocycles. The van der Waals surface area contributed by atoms with Crippen molar-refractivity contribution in [1.82, 2.24) is 0 Å². The van der Waals surface area contributed by atoms with Crippen LogP contribution >= 0.6 is 0 Å². The Bertz CT molecular complexity index is 969. The van der Waals surface area contributed by atoms with E-state index in [1.54, 1.807) is 18.2 Å². The molecule has 0 saturated carbocycles. The van der Waals surface area contributed by atoms with E-state index in [0.717, 1.165) is 17.5 Å². The van der Waals surface area contributed by atoms with Crippen molar-refractivity contribution in [1.29, 1.82) is 0 Å². The molecule has 0 saturated heterocycles. The van der Waals surface area contributed by atoms with Crippen molar-refractivity contribution < 1.29 is 28.7 Å². The van der Waals surface area contributed by atoms with Gasteiger partial charge in [0.25, 0.3) is 5.91 Å². The second-order valence-electron chi connectivity index (χ2n) is 7.27. The third-order valence-electron chi connectivity index (χ3n) is 4.55. The minimum atomic E-state index is -0.649. The maximum atomic E-state index is 12.0. The Kier molecular flexibility index (Phi) is 9.41. The van der Waals surface area contributed by atoms with Gasteiger partial charge >= 0.3 is 11.9 Å². The monoisotopic (exact) mass is 440 g/mol. The second-order valence-corrected chi connectivity index (χ2v) is 7.27. The van der Waals surface area contributed by atoms with E-state index in [9.17, 15) is 19.2 Å². The van der Waals surface area contributed by atoms with Crippen LogP contribution in [0.15, 0.2) is 42.5 Å². The predicted octanol–water partition coefficient (Wildman–Crippen LogP) is 3.77. The Morgan fingerprint density at radius 1 is 0.781 bits per heavy atom. The molecule has 0 aliphatic carbocycles. The van der Waals surface area contributed by atoms with Crippen LogP contribution in [-0.4, -0.2) is 37.0 Å². The van der Waals surface area contributed by atoms with Gasteiger partial charge in [0.2, 0.25) is 5.91 Å². The number of aryl methyl sites for hydroxylation is 2. The van der Waals surface area contributed by atoms with Gasteiger partial charge in [-0.05, 0) is 67.8 Å². The van der Waals surface area contributed by atoms with Crippen LogP contribution in [0.4, 0.5) is 11.4 Å². The number of hydrogen-bond donors (Lipinski definition) is 2. The smallest absolute Gasteiger partial charge is 0.338 e. The van der Waals surface area contributed by atoms with Crippen LogP contribution in [-0.2, 0) is 23.9 Å². The van der Waals surface area contributed by atoms with E-state index in [4.69, 9.17) is 9.47 Å². The predicted molar refractivity (Wildman–Crippen MR) is 120 cm³/mol. The van der Waals surface area contributed by atoms with Crippen molar-refractivity contribution in [3.8, 4) is 0 Å². The van der Waals surface area contributed by atoms with E-state index in [1.165, 1.54) is 12.1 Å². The van der Waals surface area contributed by atoms with Crippen molar-refractivity contribution in [3.63, 3.8) is 0 Å². The van der Waals surface area contributed by atoms with Gasteiger partial charge in [0.1, 0.15) is 0 Å². The average Bonchev–Trinajstić information content (AvgIpc) is 2.77. The molecule has 0 radical (unpaired) electrons. The lowest BCUT2D eigenvalue weighted by Crippen LogP contribution is -2.21. The van der Waals surface area contributed by atoms with Crippen LogP contribution in [0, 0.1) is 13.8 Å². The van der Waals surface area contributed by atoms with Gasteiger partial charge in [0.15, 0.2) is 6.61 Å². The number of nitrogens with one attached hydrogen (secondary N) is 2. The first kappa shape index (κ1) is 24.6. The number of rotatable bonds is 10. The van der Waals surface area contributed by atoms with E-state index in [-0.39, 0.29) is 18.7 Å². The van der Waals surface area contributed by atoms with Gasteiger partial charge in [-0.3, -0.25) is 14.4 Å². The van der Waals surface area contributed by atoms with E-state index in [1.807, 2.05) is 32.9 Å². The van der Waals surface area contributed by atoms with Crippen molar-refractivity contribution in [2.24, 2.45) is 0 Å². The zero-order chi connectivity index (χ0) is 23.5. The van der Waals surface area contributed by atoms with Crippen LogP contribution in [0.5, 0.6) is 0 Å². The van der Waals surface area contributed by atoms with Crippen LogP contribution in [0.1, 0.15) is 47.7 Å². The van der Waals surface area contributed by atoms with Crippen molar-refractivity contribution in [2.45, 2.75) is 40.0 Å². The number of esters is 2. The lowest BCUT2D eigenvalue weighted by molar-refractivity contribution is -0.147. The molecule has 2 rings (SSSR count).